The Morgan fingerprint density at radius 1 is 0.917 bits per heavy atom. The molecule has 4 aromatic rings. The highest BCUT2D eigenvalue weighted by Gasteiger charge is 2.20. The van der Waals surface area contributed by atoms with Crippen LogP contribution in [0.15, 0.2) is 91.3 Å². The zero-order valence-electron chi connectivity index (χ0n) is 19.9. The first-order chi connectivity index (χ1) is 17.7. The van der Waals surface area contributed by atoms with E-state index in [4.69, 9.17) is 5.10 Å². The minimum absolute atomic E-state index is 0.0372. The molecule has 0 radical (unpaired) electrons. The molecule has 2 aromatic heterocycles. The molecule has 3 heterocycles. The number of para-hydroxylation sites is 1. The number of pyridine rings is 1. The van der Waals surface area contributed by atoms with Gasteiger partial charge < -0.3 is 9.80 Å². The first-order valence-corrected chi connectivity index (χ1v) is 12.0. The highest BCUT2D eigenvalue weighted by molar-refractivity contribution is 5.93. The van der Waals surface area contributed by atoms with E-state index in [9.17, 15) is 10.1 Å². The number of nitrogens with zero attached hydrogens (tertiary/aromatic N) is 6. The summed E-state index contributed by atoms with van der Waals surface area (Å²) in [5, 5.41) is 14.2. The maximum Gasteiger partial charge on any atom is 0.246 e. The fourth-order valence-corrected chi connectivity index (χ4v) is 4.39. The van der Waals surface area contributed by atoms with Gasteiger partial charge in [0.1, 0.15) is 11.9 Å². The normalized spacial score (nSPS) is 14.0. The second-order valence-electron chi connectivity index (χ2n) is 8.56. The topological polar surface area (TPSA) is 78.0 Å². The van der Waals surface area contributed by atoms with Crippen molar-refractivity contribution in [2.75, 3.05) is 31.1 Å². The SMILES string of the molecule is N#Cc1cccnc1N1CCCN(C(=O)/C=C/c2cn(-c3ccccc3)nc2-c2ccccc2)CC1. The molecule has 0 unspecified atom stereocenters. The predicted octanol–water partition coefficient (Wildman–Crippen LogP) is 4.56. The Kier molecular flexibility index (Phi) is 6.86. The highest BCUT2D eigenvalue weighted by atomic mass is 16.2. The fraction of sp³-hybridized carbons (Fsp3) is 0.172. The van der Waals surface area contributed by atoms with E-state index in [1.807, 2.05) is 82.5 Å². The Morgan fingerprint density at radius 2 is 1.69 bits per heavy atom. The van der Waals surface area contributed by atoms with Crippen molar-refractivity contribution < 1.29 is 4.79 Å². The van der Waals surface area contributed by atoms with Crippen molar-refractivity contribution in [3.63, 3.8) is 0 Å². The molecule has 7 heteroatoms. The maximum atomic E-state index is 13.1. The summed E-state index contributed by atoms with van der Waals surface area (Å²) in [4.78, 5) is 21.5. The minimum atomic E-state index is -0.0372. The lowest BCUT2D eigenvalue weighted by molar-refractivity contribution is -0.125. The Morgan fingerprint density at radius 3 is 2.47 bits per heavy atom. The molecule has 0 N–H and O–H groups in total. The first-order valence-electron chi connectivity index (χ1n) is 12.0. The molecular weight excluding hydrogens is 448 g/mol. The van der Waals surface area contributed by atoms with Crippen LogP contribution < -0.4 is 4.90 Å². The van der Waals surface area contributed by atoms with Crippen LogP contribution >= 0.6 is 0 Å². The van der Waals surface area contributed by atoms with Crippen molar-refractivity contribution in [1.29, 1.82) is 5.26 Å². The van der Waals surface area contributed by atoms with Gasteiger partial charge in [-0.25, -0.2) is 9.67 Å². The van der Waals surface area contributed by atoms with Gasteiger partial charge in [0.15, 0.2) is 0 Å². The zero-order valence-corrected chi connectivity index (χ0v) is 19.9. The van der Waals surface area contributed by atoms with Crippen LogP contribution in [0.2, 0.25) is 0 Å². The van der Waals surface area contributed by atoms with E-state index in [0.717, 1.165) is 35.5 Å². The highest BCUT2D eigenvalue weighted by Crippen LogP contribution is 2.25. The van der Waals surface area contributed by atoms with Gasteiger partial charge in [0, 0.05) is 55.8 Å². The summed E-state index contributed by atoms with van der Waals surface area (Å²) in [5.41, 5.74) is 4.21. The number of anilines is 1. The Labute approximate surface area is 210 Å². The second-order valence-corrected chi connectivity index (χ2v) is 8.56. The molecule has 178 valence electrons. The molecule has 5 rings (SSSR count). The van der Waals surface area contributed by atoms with E-state index in [0.29, 0.717) is 31.0 Å². The van der Waals surface area contributed by atoms with Gasteiger partial charge in [0.05, 0.1) is 16.9 Å². The van der Waals surface area contributed by atoms with Gasteiger partial charge in [-0.15, -0.1) is 0 Å². The number of hydrogen-bond donors (Lipinski definition) is 0. The number of carbonyl (C=O) groups excluding carboxylic acids is 1. The van der Waals surface area contributed by atoms with E-state index in [2.05, 4.69) is 16.0 Å². The second kappa shape index (κ2) is 10.7. The van der Waals surface area contributed by atoms with Crippen molar-refractivity contribution in [3.05, 3.63) is 102 Å². The lowest BCUT2D eigenvalue weighted by Gasteiger charge is -2.22. The number of benzene rings is 2. The maximum absolute atomic E-state index is 13.1. The molecule has 0 bridgehead atoms. The average Bonchev–Trinajstić information content (AvgIpc) is 3.22. The van der Waals surface area contributed by atoms with Crippen LogP contribution in [0, 0.1) is 11.3 Å². The molecule has 0 aliphatic carbocycles. The summed E-state index contributed by atoms with van der Waals surface area (Å²) >= 11 is 0. The van der Waals surface area contributed by atoms with Gasteiger partial charge in [-0.3, -0.25) is 4.79 Å². The van der Waals surface area contributed by atoms with Gasteiger partial charge >= 0.3 is 0 Å². The van der Waals surface area contributed by atoms with E-state index in [-0.39, 0.29) is 5.91 Å². The minimum Gasteiger partial charge on any atom is -0.354 e. The molecule has 0 saturated carbocycles. The van der Waals surface area contributed by atoms with Crippen molar-refractivity contribution in [1.82, 2.24) is 19.7 Å². The lowest BCUT2D eigenvalue weighted by atomic mass is 10.1. The van der Waals surface area contributed by atoms with E-state index >= 15 is 0 Å². The van der Waals surface area contributed by atoms with E-state index in [1.165, 1.54) is 0 Å². The number of aromatic nitrogens is 3. The summed E-state index contributed by atoms with van der Waals surface area (Å²) in [6.07, 6.45) is 7.95. The van der Waals surface area contributed by atoms with Crippen molar-refractivity contribution >= 4 is 17.8 Å². The number of nitriles is 1. The summed E-state index contributed by atoms with van der Waals surface area (Å²) in [6.45, 7) is 2.61. The van der Waals surface area contributed by atoms with Gasteiger partial charge in [0.25, 0.3) is 0 Å². The summed E-state index contributed by atoms with van der Waals surface area (Å²) in [5.74, 6) is 0.649. The molecule has 1 amide bonds. The molecule has 0 atom stereocenters. The van der Waals surface area contributed by atoms with Gasteiger partial charge in [-0.1, -0.05) is 48.5 Å². The molecule has 7 nitrogen and oxygen atoms in total. The van der Waals surface area contributed by atoms with Crippen LogP contribution in [-0.4, -0.2) is 51.8 Å². The first kappa shape index (κ1) is 23.1. The van der Waals surface area contributed by atoms with Gasteiger partial charge in [-0.05, 0) is 36.8 Å². The molecule has 1 aliphatic heterocycles. The summed E-state index contributed by atoms with van der Waals surface area (Å²) in [6, 6.07) is 25.7. The third-order valence-corrected chi connectivity index (χ3v) is 6.23. The van der Waals surface area contributed by atoms with Crippen molar-refractivity contribution in [2.45, 2.75) is 6.42 Å². The lowest BCUT2D eigenvalue weighted by Crippen LogP contribution is -2.34. The summed E-state index contributed by atoms with van der Waals surface area (Å²) < 4.78 is 1.84. The molecule has 1 aliphatic rings. The standard InChI is InChI=1S/C29H26N6O/c30-21-24-11-7-16-31-29(24)34-18-8-17-33(19-20-34)27(36)15-14-25-22-35(26-12-5-2-6-13-26)32-28(25)23-9-3-1-4-10-23/h1-7,9-16,22H,8,17-20H2/b15-14+. The third-order valence-electron chi connectivity index (χ3n) is 6.23. The predicted molar refractivity (Wildman–Crippen MR) is 140 cm³/mol. The molecular formula is C29H26N6O. The van der Waals surface area contributed by atoms with Crippen molar-refractivity contribution in [2.24, 2.45) is 0 Å². The Bertz CT molecular complexity index is 1400. The Hall–Kier alpha value is -4.70. The molecule has 1 fully saturated rings. The molecule has 1 saturated heterocycles. The van der Waals surface area contributed by atoms with Crippen LogP contribution in [0.4, 0.5) is 5.82 Å². The molecule has 0 spiro atoms. The smallest absolute Gasteiger partial charge is 0.246 e. The van der Waals surface area contributed by atoms with E-state index < -0.39 is 0 Å². The van der Waals surface area contributed by atoms with Gasteiger partial charge in [-0.2, -0.15) is 10.4 Å². The monoisotopic (exact) mass is 474 g/mol. The third kappa shape index (κ3) is 5.03. The quantitative estimate of drug-likeness (QED) is 0.396. The van der Waals surface area contributed by atoms with Crippen LogP contribution in [-0.2, 0) is 4.79 Å². The summed E-state index contributed by atoms with van der Waals surface area (Å²) in [7, 11) is 0. The van der Waals surface area contributed by atoms with Crippen molar-refractivity contribution in [3.8, 4) is 23.0 Å². The zero-order chi connectivity index (χ0) is 24.7. The number of amides is 1. The molecule has 36 heavy (non-hydrogen) atoms. The Balaban J connectivity index is 1.35. The van der Waals surface area contributed by atoms with Crippen LogP contribution in [0.3, 0.4) is 0 Å². The van der Waals surface area contributed by atoms with Crippen LogP contribution in [0.1, 0.15) is 17.5 Å². The molecule has 2 aromatic carbocycles. The average molecular weight is 475 g/mol. The van der Waals surface area contributed by atoms with Crippen LogP contribution in [0.25, 0.3) is 23.0 Å². The van der Waals surface area contributed by atoms with Gasteiger partial charge in [0.2, 0.25) is 5.91 Å². The largest absolute Gasteiger partial charge is 0.354 e. The van der Waals surface area contributed by atoms with Crippen LogP contribution in [0.5, 0.6) is 0 Å². The van der Waals surface area contributed by atoms with E-state index in [1.54, 1.807) is 24.4 Å². The number of rotatable bonds is 5. The number of carbonyl (C=O) groups is 1. The number of hydrogen-bond acceptors (Lipinski definition) is 5. The fourth-order valence-electron chi connectivity index (χ4n) is 4.39.